The van der Waals surface area contributed by atoms with Gasteiger partial charge in [-0.3, -0.25) is 0 Å². The van der Waals surface area contributed by atoms with Crippen LogP contribution in [-0.4, -0.2) is 0 Å². The van der Waals surface area contributed by atoms with Gasteiger partial charge in [0.25, 0.3) is 5.70 Å². The predicted molar refractivity (Wildman–Crippen MR) is 156 cm³/mol. The van der Waals surface area contributed by atoms with Crippen molar-refractivity contribution in [2.75, 3.05) is 4.90 Å². The second-order valence-electron chi connectivity index (χ2n) is 10.4. The lowest BCUT2D eigenvalue weighted by atomic mass is 9.82. The summed E-state index contributed by atoms with van der Waals surface area (Å²) in [4.78, 5) is 7.86. The van der Waals surface area contributed by atoms with E-state index < -0.39 is 0 Å². The first-order valence-corrected chi connectivity index (χ1v) is 13.2. The summed E-state index contributed by atoms with van der Waals surface area (Å²) in [6, 6.07) is 24.2. The van der Waals surface area contributed by atoms with Gasteiger partial charge in [-0.25, -0.2) is 10.1 Å². The van der Waals surface area contributed by atoms with E-state index in [4.69, 9.17) is 6.57 Å². The maximum atomic E-state index is 9.20. The lowest BCUT2D eigenvalue weighted by molar-refractivity contribution is 0.662. The number of aryl methyl sites for hydroxylation is 3. The SMILES string of the molecule is [C-]#[N+]/C(C#N)=C\c1cc2c(s1)-c1ccc(N(c3ccc(C)cc3)c3cc(C)c(C)c(C)c3)cc1C2(C)C. The van der Waals surface area contributed by atoms with Crippen molar-refractivity contribution in [1.29, 1.82) is 5.26 Å². The third-order valence-electron chi connectivity index (χ3n) is 7.58. The summed E-state index contributed by atoms with van der Waals surface area (Å²) in [5.74, 6) is 0. The standard InChI is InChI=1S/C33H29N3S/c1-20-8-10-25(11-9-20)36(27-14-21(2)23(4)22(3)15-27)26-12-13-29-30(17-26)33(5,6)31-18-28(37-32(29)31)16-24(19-34)35-7/h8-18H,1-6H3/b24-16-. The Morgan fingerprint density at radius 3 is 2.16 bits per heavy atom. The Bertz CT molecular complexity index is 1610. The third kappa shape index (κ3) is 4.14. The van der Waals surface area contributed by atoms with Crippen LogP contribution in [0.3, 0.4) is 0 Å². The molecule has 3 nitrogen and oxygen atoms in total. The molecule has 1 aliphatic carbocycles. The van der Waals surface area contributed by atoms with Crippen LogP contribution in [0.1, 0.15) is 52.1 Å². The summed E-state index contributed by atoms with van der Waals surface area (Å²) in [6.45, 7) is 20.4. The molecule has 0 unspecified atom stereocenters. The minimum atomic E-state index is -0.188. The van der Waals surface area contributed by atoms with Crippen LogP contribution in [0.4, 0.5) is 17.1 Å². The second kappa shape index (κ2) is 9.07. The first-order valence-electron chi connectivity index (χ1n) is 12.4. The maximum absolute atomic E-state index is 9.20. The van der Waals surface area contributed by atoms with Gasteiger partial charge in [-0.2, -0.15) is 0 Å². The van der Waals surface area contributed by atoms with Gasteiger partial charge in [-0.05, 0) is 110 Å². The van der Waals surface area contributed by atoms with Crippen molar-refractivity contribution < 1.29 is 0 Å². The Hall–Kier alpha value is -4.12. The second-order valence-corrected chi connectivity index (χ2v) is 11.5. The summed E-state index contributed by atoms with van der Waals surface area (Å²) in [6.07, 6.45) is 1.70. The van der Waals surface area contributed by atoms with Gasteiger partial charge >= 0.3 is 0 Å². The van der Waals surface area contributed by atoms with E-state index in [-0.39, 0.29) is 11.1 Å². The minimum Gasteiger partial charge on any atom is -0.310 e. The van der Waals surface area contributed by atoms with Crippen LogP contribution in [0, 0.1) is 45.6 Å². The molecule has 1 heterocycles. The summed E-state index contributed by atoms with van der Waals surface area (Å²) < 4.78 is 0. The Balaban J connectivity index is 1.66. The molecule has 0 fully saturated rings. The minimum absolute atomic E-state index is 0.116. The number of anilines is 3. The van der Waals surface area contributed by atoms with E-state index in [0.29, 0.717) is 0 Å². The number of hydrogen-bond acceptors (Lipinski definition) is 3. The van der Waals surface area contributed by atoms with Crippen LogP contribution in [0.2, 0.25) is 0 Å². The smallest absolute Gasteiger partial charge is 0.263 e. The molecule has 37 heavy (non-hydrogen) atoms. The molecular formula is C33H29N3S. The van der Waals surface area contributed by atoms with Gasteiger partial charge in [0.1, 0.15) is 0 Å². The monoisotopic (exact) mass is 499 g/mol. The van der Waals surface area contributed by atoms with E-state index in [9.17, 15) is 5.26 Å². The largest absolute Gasteiger partial charge is 0.310 e. The van der Waals surface area contributed by atoms with Crippen LogP contribution >= 0.6 is 11.3 Å². The molecule has 0 aliphatic heterocycles. The van der Waals surface area contributed by atoms with E-state index in [1.54, 1.807) is 17.4 Å². The molecule has 0 N–H and O–H groups in total. The summed E-state index contributed by atoms with van der Waals surface area (Å²) in [5.41, 5.74) is 12.3. The van der Waals surface area contributed by atoms with Crippen LogP contribution < -0.4 is 4.90 Å². The molecule has 1 aromatic heterocycles. The highest BCUT2D eigenvalue weighted by Gasteiger charge is 2.37. The highest BCUT2D eigenvalue weighted by molar-refractivity contribution is 7.16. The van der Waals surface area contributed by atoms with Gasteiger partial charge < -0.3 is 4.90 Å². The zero-order valence-corrected chi connectivity index (χ0v) is 22.9. The molecule has 0 saturated carbocycles. The van der Waals surface area contributed by atoms with Gasteiger partial charge in [0.2, 0.25) is 0 Å². The Morgan fingerprint density at radius 1 is 0.892 bits per heavy atom. The maximum Gasteiger partial charge on any atom is 0.263 e. The van der Waals surface area contributed by atoms with Crippen molar-refractivity contribution in [2.45, 2.75) is 47.0 Å². The summed E-state index contributed by atoms with van der Waals surface area (Å²) in [5, 5.41) is 9.20. The third-order valence-corrected chi connectivity index (χ3v) is 8.70. The average Bonchev–Trinajstić information content (AvgIpc) is 3.39. The Morgan fingerprint density at radius 2 is 1.54 bits per heavy atom. The number of hydrogen-bond donors (Lipinski definition) is 0. The molecule has 0 spiro atoms. The van der Waals surface area contributed by atoms with Gasteiger partial charge in [0.05, 0.1) is 12.6 Å². The molecule has 182 valence electrons. The fraction of sp³-hybridized carbons (Fsp3) is 0.212. The van der Waals surface area contributed by atoms with Crippen molar-refractivity contribution >= 4 is 34.5 Å². The van der Waals surface area contributed by atoms with E-state index in [1.165, 1.54) is 43.8 Å². The van der Waals surface area contributed by atoms with Crippen molar-refractivity contribution in [1.82, 2.24) is 0 Å². The first-order chi connectivity index (χ1) is 17.6. The zero-order valence-electron chi connectivity index (χ0n) is 22.1. The van der Waals surface area contributed by atoms with Crippen molar-refractivity contribution in [3.05, 3.63) is 116 Å². The van der Waals surface area contributed by atoms with Gasteiger partial charge in [0, 0.05) is 32.2 Å². The number of nitrogens with zero attached hydrogens (tertiary/aromatic N) is 3. The molecule has 0 radical (unpaired) electrons. The highest BCUT2D eigenvalue weighted by atomic mass is 32.1. The Kier molecular flexibility index (Phi) is 6.03. The molecule has 4 heteroatoms. The summed E-state index contributed by atoms with van der Waals surface area (Å²) in [7, 11) is 0. The lowest BCUT2D eigenvalue weighted by Gasteiger charge is -2.29. The quantitative estimate of drug-likeness (QED) is 0.207. The normalized spacial score (nSPS) is 13.5. The molecule has 1 aliphatic rings. The van der Waals surface area contributed by atoms with E-state index in [2.05, 4.69) is 112 Å². The van der Waals surface area contributed by atoms with Crippen LogP contribution in [0.15, 0.2) is 66.4 Å². The van der Waals surface area contributed by atoms with Crippen LogP contribution in [0.5, 0.6) is 0 Å². The first kappa shape index (κ1) is 24.6. The van der Waals surface area contributed by atoms with Gasteiger partial charge in [-0.1, -0.05) is 37.6 Å². The zero-order chi connectivity index (χ0) is 26.5. The van der Waals surface area contributed by atoms with Gasteiger partial charge in [-0.15, -0.1) is 11.3 Å². The number of benzene rings is 3. The topological polar surface area (TPSA) is 31.4 Å². The molecule has 5 rings (SSSR count). The van der Waals surface area contributed by atoms with E-state index in [0.717, 1.165) is 21.9 Å². The van der Waals surface area contributed by atoms with Crippen LogP contribution in [-0.2, 0) is 5.41 Å². The molecule has 3 aromatic carbocycles. The molecule has 0 bridgehead atoms. The van der Waals surface area contributed by atoms with Crippen molar-refractivity contribution in [3.63, 3.8) is 0 Å². The number of thiophene rings is 1. The molecular weight excluding hydrogens is 470 g/mol. The molecule has 0 amide bonds. The number of nitriles is 1. The highest BCUT2D eigenvalue weighted by Crippen LogP contribution is 2.54. The fourth-order valence-electron chi connectivity index (χ4n) is 5.18. The van der Waals surface area contributed by atoms with Gasteiger partial charge in [0.15, 0.2) is 0 Å². The van der Waals surface area contributed by atoms with Crippen molar-refractivity contribution in [2.24, 2.45) is 0 Å². The predicted octanol–water partition coefficient (Wildman–Crippen LogP) is 9.54. The number of rotatable bonds is 4. The summed E-state index contributed by atoms with van der Waals surface area (Å²) >= 11 is 1.66. The number of fused-ring (bicyclic) bond motifs is 3. The lowest BCUT2D eigenvalue weighted by Crippen LogP contribution is -2.16. The molecule has 0 saturated heterocycles. The number of allylic oxidation sites excluding steroid dienone is 1. The molecule has 0 atom stereocenters. The average molecular weight is 500 g/mol. The Labute approximate surface area is 223 Å². The van der Waals surface area contributed by atoms with Crippen molar-refractivity contribution in [3.8, 4) is 16.5 Å². The van der Waals surface area contributed by atoms with E-state index >= 15 is 0 Å². The van der Waals surface area contributed by atoms with Crippen LogP contribution in [0.25, 0.3) is 21.4 Å². The van der Waals surface area contributed by atoms with E-state index in [1.807, 2.05) is 6.07 Å². The molecule has 4 aromatic rings. The fourth-order valence-corrected chi connectivity index (χ4v) is 6.48.